The first kappa shape index (κ1) is 17.5. The summed E-state index contributed by atoms with van der Waals surface area (Å²) in [6.45, 7) is 5.55. The second kappa shape index (κ2) is 7.43. The Morgan fingerprint density at radius 2 is 2.30 bits per heavy atom. The van der Waals surface area contributed by atoms with Gasteiger partial charge in [0.1, 0.15) is 0 Å². The Morgan fingerprint density at radius 1 is 1.55 bits per heavy atom. The van der Waals surface area contributed by atoms with E-state index in [4.69, 9.17) is 5.73 Å². The van der Waals surface area contributed by atoms with Crippen molar-refractivity contribution in [1.29, 1.82) is 0 Å². The van der Waals surface area contributed by atoms with Crippen LogP contribution in [-0.4, -0.2) is 22.9 Å². The Balaban J connectivity index is 0.00000200. The van der Waals surface area contributed by atoms with Gasteiger partial charge in [0, 0.05) is 17.0 Å². The van der Waals surface area contributed by atoms with E-state index in [0.29, 0.717) is 0 Å². The molecule has 1 aliphatic carbocycles. The van der Waals surface area contributed by atoms with Crippen molar-refractivity contribution >= 4 is 29.7 Å². The van der Waals surface area contributed by atoms with Crippen molar-refractivity contribution in [2.75, 3.05) is 6.54 Å². The molecule has 1 amide bonds. The van der Waals surface area contributed by atoms with Crippen molar-refractivity contribution in [3.8, 4) is 0 Å². The van der Waals surface area contributed by atoms with Gasteiger partial charge in [-0.25, -0.2) is 0 Å². The fourth-order valence-corrected chi connectivity index (χ4v) is 3.64. The molecule has 2 rings (SSSR count). The molecule has 2 N–H and O–H groups in total. The highest BCUT2D eigenvalue weighted by molar-refractivity contribution is 7.09. The summed E-state index contributed by atoms with van der Waals surface area (Å²) in [6, 6.07) is 4.12. The van der Waals surface area contributed by atoms with E-state index in [2.05, 4.69) is 11.4 Å². The van der Waals surface area contributed by atoms with Crippen LogP contribution in [0.25, 0.3) is 0 Å². The van der Waals surface area contributed by atoms with Crippen molar-refractivity contribution in [2.24, 2.45) is 11.7 Å². The SMILES string of the molecule is CCN(Cc1cccs1)C(=O)C1CCCCC1(C)N.Cl. The fraction of sp³-hybridized carbons (Fsp3) is 0.667. The number of carbonyl (C=O) groups excluding carboxylic acids is 1. The van der Waals surface area contributed by atoms with Gasteiger partial charge in [-0.1, -0.05) is 18.9 Å². The summed E-state index contributed by atoms with van der Waals surface area (Å²) >= 11 is 1.71. The lowest BCUT2D eigenvalue weighted by molar-refractivity contribution is -0.139. The van der Waals surface area contributed by atoms with Crippen molar-refractivity contribution in [3.05, 3.63) is 22.4 Å². The average Bonchev–Trinajstić information content (AvgIpc) is 2.87. The molecule has 1 aromatic rings. The van der Waals surface area contributed by atoms with Crippen LogP contribution in [0, 0.1) is 5.92 Å². The molecule has 0 aromatic carbocycles. The van der Waals surface area contributed by atoms with Gasteiger partial charge in [-0.05, 0) is 38.1 Å². The van der Waals surface area contributed by atoms with Crippen LogP contribution in [0.2, 0.25) is 0 Å². The van der Waals surface area contributed by atoms with E-state index in [1.807, 2.05) is 24.8 Å². The van der Waals surface area contributed by atoms with Crippen molar-refractivity contribution < 1.29 is 4.79 Å². The molecule has 2 atom stereocenters. The summed E-state index contributed by atoms with van der Waals surface area (Å²) < 4.78 is 0. The predicted molar refractivity (Wildman–Crippen MR) is 87.2 cm³/mol. The quantitative estimate of drug-likeness (QED) is 0.925. The molecule has 2 unspecified atom stereocenters. The molecule has 114 valence electrons. The Hall–Kier alpha value is -0.580. The predicted octanol–water partition coefficient (Wildman–Crippen LogP) is 3.43. The van der Waals surface area contributed by atoms with E-state index < -0.39 is 0 Å². The number of hydrogen-bond acceptors (Lipinski definition) is 3. The van der Waals surface area contributed by atoms with Crippen LogP contribution in [0.5, 0.6) is 0 Å². The van der Waals surface area contributed by atoms with Crippen molar-refractivity contribution in [2.45, 2.75) is 51.6 Å². The lowest BCUT2D eigenvalue weighted by atomic mass is 9.74. The lowest BCUT2D eigenvalue weighted by Gasteiger charge is -2.39. The topological polar surface area (TPSA) is 46.3 Å². The first-order valence-corrected chi connectivity index (χ1v) is 8.02. The molecule has 5 heteroatoms. The summed E-state index contributed by atoms with van der Waals surface area (Å²) in [5.74, 6) is 0.224. The Bertz CT molecular complexity index is 420. The molecular weight excluding hydrogens is 292 g/mol. The zero-order valence-corrected chi connectivity index (χ0v) is 13.9. The molecule has 0 bridgehead atoms. The second-order valence-corrected chi connectivity index (χ2v) is 6.77. The van der Waals surface area contributed by atoms with Crippen molar-refractivity contribution in [3.63, 3.8) is 0 Å². The lowest BCUT2D eigenvalue weighted by Crippen LogP contribution is -2.53. The molecule has 1 saturated carbocycles. The standard InChI is InChI=1S/C15H24N2OS.ClH/c1-3-17(11-12-7-6-10-19-12)14(18)13-8-4-5-9-15(13,2)16;/h6-7,10,13H,3-5,8-9,11,16H2,1-2H3;1H. The molecule has 0 radical (unpaired) electrons. The number of carbonyl (C=O) groups is 1. The zero-order chi connectivity index (χ0) is 13.9. The van der Waals surface area contributed by atoms with Gasteiger partial charge in [0.15, 0.2) is 0 Å². The van der Waals surface area contributed by atoms with E-state index in [9.17, 15) is 4.79 Å². The summed E-state index contributed by atoms with van der Waals surface area (Å²) in [4.78, 5) is 15.9. The minimum absolute atomic E-state index is 0. The number of rotatable bonds is 4. The summed E-state index contributed by atoms with van der Waals surface area (Å²) in [6.07, 6.45) is 4.17. The number of amides is 1. The summed E-state index contributed by atoms with van der Waals surface area (Å²) in [7, 11) is 0. The second-order valence-electron chi connectivity index (χ2n) is 5.74. The first-order chi connectivity index (χ1) is 9.04. The molecule has 20 heavy (non-hydrogen) atoms. The maximum atomic E-state index is 12.7. The van der Waals surface area contributed by atoms with Crippen LogP contribution in [0.4, 0.5) is 0 Å². The fourth-order valence-electron chi connectivity index (χ4n) is 2.92. The molecule has 1 fully saturated rings. The third-order valence-corrected chi connectivity index (χ3v) is 5.03. The molecular formula is C15H25ClN2OS. The molecule has 1 aliphatic rings. The number of hydrogen-bond donors (Lipinski definition) is 1. The molecule has 1 aromatic heterocycles. The van der Waals surface area contributed by atoms with E-state index in [1.54, 1.807) is 11.3 Å². The normalized spacial score (nSPS) is 25.9. The molecule has 0 spiro atoms. The average molecular weight is 317 g/mol. The summed E-state index contributed by atoms with van der Waals surface area (Å²) in [5.41, 5.74) is 6.01. The van der Waals surface area contributed by atoms with E-state index in [0.717, 1.165) is 38.8 Å². The highest BCUT2D eigenvalue weighted by Crippen LogP contribution is 2.33. The Morgan fingerprint density at radius 3 is 2.85 bits per heavy atom. The Labute approximate surface area is 131 Å². The first-order valence-electron chi connectivity index (χ1n) is 7.14. The van der Waals surface area contributed by atoms with Crippen LogP contribution < -0.4 is 5.73 Å². The third kappa shape index (κ3) is 3.96. The van der Waals surface area contributed by atoms with Crippen LogP contribution in [0.3, 0.4) is 0 Å². The molecule has 3 nitrogen and oxygen atoms in total. The van der Waals surface area contributed by atoms with Gasteiger partial charge in [0.2, 0.25) is 5.91 Å². The minimum Gasteiger partial charge on any atom is -0.338 e. The highest BCUT2D eigenvalue weighted by atomic mass is 35.5. The zero-order valence-electron chi connectivity index (χ0n) is 12.3. The number of nitrogens with two attached hydrogens (primary N) is 1. The molecule has 1 heterocycles. The van der Waals surface area contributed by atoms with E-state index in [-0.39, 0.29) is 29.8 Å². The number of nitrogens with zero attached hydrogens (tertiary/aromatic N) is 1. The van der Waals surface area contributed by atoms with Gasteiger partial charge in [-0.3, -0.25) is 4.79 Å². The monoisotopic (exact) mass is 316 g/mol. The van der Waals surface area contributed by atoms with E-state index >= 15 is 0 Å². The molecule has 0 saturated heterocycles. The van der Waals surface area contributed by atoms with Gasteiger partial charge >= 0.3 is 0 Å². The van der Waals surface area contributed by atoms with E-state index in [1.165, 1.54) is 4.88 Å². The summed E-state index contributed by atoms with van der Waals surface area (Å²) in [5, 5.41) is 2.06. The van der Waals surface area contributed by atoms with Crippen LogP contribution >= 0.6 is 23.7 Å². The van der Waals surface area contributed by atoms with Crippen LogP contribution in [0.1, 0.15) is 44.4 Å². The van der Waals surface area contributed by atoms with Crippen LogP contribution in [-0.2, 0) is 11.3 Å². The third-order valence-electron chi connectivity index (χ3n) is 4.17. The smallest absolute Gasteiger partial charge is 0.227 e. The van der Waals surface area contributed by atoms with Crippen LogP contribution in [0.15, 0.2) is 17.5 Å². The maximum absolute atomic E-state index is 12.7. The van der Waals surface area contributed by atoms with Gasteiger partial charge < -0.3 is 10.6 Å². The molecule has 0 aliphatic heterocycles. The van der Waals surface area contributed by atoms with Gasteiger partial charge in [-0.15, -0.1) is 23.7 Å². The largest absolute Gasteiger partial charge is 0.338 e. The highest BCUT2D eigenvalue weighted by Gasteiger charge is 2.39. The van der Waals surface area contributed by atoms with Gasteiger partial charge in [-0.2, -0.15) is 0 Å². The number of halogens is 1. The van der Waals surface area contributed by atoms with Gasteiger partial charge in [0.05, 0.1) is 12.5 Å². The van der Waals surface area contributed by atoms with Gasteiger partial charge in [0.25, 0.3) is 0 Å². The number of thiophene rings is 1. The minimum atomic E-state index is -0.335. The Kier molecular flexibility index (Phi) is 6.49. The van der Waals surface area contributed by atoms with Crippen molar-refractivity contribution in [1.82, 2.24) is 4.90 Å². The maximum Gasteiger partial charge on any atom is 0.227 e.